The highest BCUT2D eigenvalue weighted by Gasteiger charge is 2.16. The Labute approximate surface area is 153 Å². The third kappa shape index (κ3) is 2.31. The number of rotatable bonds is 2. The first-order valence-corrected chi connectivity index (χ1v) is 8.98. The van der Waals surface area contributed by atoms with Crippen LogP contribution < -0.4 is 0 Å². The largest absolute Gasteiger partial charge is 0.0622 e. The fourth-order valence-electron chi connectivity index (χ4n) is 3.95. The minimum Gasteiger partial charge on any atom is -0.0622 e. The average molecular weight is 330 g/mol. The SMILES string of the molecule is c1ccc(-c2c(-c3ccccc3)c3ccccc3c3ccccc23)cc1. The van der Waals surface area contributed by atoms with Gasteiger partial charge in [0.2, 0.25) is 0 Å². The predicted octanol–water partition coefficient (Wildman–Crippen LogP) is 7.33. The average Bonchev–Trinajstić information content (AvgIpc) is 2.74. The van der Waals surface area contributed by atoms with Gasteiger partial charge in [-0.25, -0.2) is 0 Å². The highest BCUT2D eigenvalue weighted by atomic mass is 14.2. The molecule has 0 radical (unpaired) electrons. The third-order valence-corrected chi connectivity index (χ3v) is 5.06. The van der Waals surface area contributed by atoms with E-state index in [9.17, 15) is 0 Å². The standard InChI is InChI=1S/C26H18/c1-3-11-19(12-4-1)25-23-17-9-7-15-21(23)22-16-8-10-18-24(22)26(25)20-13-5-2-6-14-20/h1-18H. The minimum atomic E-state index is 1.26. The van der Waals surface area contributed by atoms with Gasteiger partial charge >= 0.3 is 0 Å². The van der Waals surface area contributed by atoms with Crippen LogP contribution in [0.1, 0.15) is 0 Å². The smallest absolute Gasteiger partial charge is 0.00204 e. The molecule has 0 aliphatic carbocycles. The molecule has 0 bridgehead atoms. The predicted molar refractivity (Wildman–Crippen MR) is 112 cm³/mol. The van der Waals surface area contributed by atoms with Crippen molar-refractivity contribution in [2.45, 2.75) is 0 Å². The summed E-state index contributed by atoms with van der Waals surface area (Å²) in [5, 5.41) is 5.22. The van der Waals surface area contributed by atoms with Crippen LogP contribution >= 0.6 is 0 Å². The lowest BCUT2D eigenvalue weighted by Crippen LogP contribution is -1.91. The monoisotopic (exact) mass is 330 g/mol. The summed E-state index contributed by atoms with van der Waals surface area (Å²) in [5.74, 6) is 0. The summed E-state index contributed by atoms with van der Waals surface area (Å²) in [7, 11) is 0. The Hall–Kier alpha value is -3.38. The Balaban J connectivity index is 2.06. The number of hydrogen-bond donors (Lipinski definition) is 0. The third-order valence-electron chi connectivity index (χ3n) is 5.06. The van der Waals surface area contributed by atoms with Gasteiger partial charge in [-0.3, -0.25) is 0 Å². The number of fused-ring (bicyclic) bond motifs is 3. The van der Waals surface area contributed by atoms with Crippen LogP contribution in [0.3, 0.4) is 0 Å². The highest BCUT2D eigenvalue weighted by Crippen LogP contribution is 2.44. The first kappa shape index (κ1) is 14.9. The van der Waals surface area contributed by atoms with Crippen LogP contribution in [0.4, 0.5) is 0 Å². The lowest BCUT2D eigenvalue weighted by molar-refractivity contribution is 1.63. The molecule has 0 saturated heterocycles. The molecule has 0 aromatic heterocycles. The van der Waals surface area contributed by atoms with E-state index in [4.69, 9.17) is 0 Å². The van der Waals surface area contributed by atoms with Gasteiger partial charge in [0.25, 0.3) is 0 Å². The molecule has 0 atom stereocenters. The molecular formula is C26H18. The summed E-state index contributed by atoms with van der Waals surface area (Å²) in [6.07, 6.45) is 0. The molecule has 0 amide bonds. The van der Waals surface area contributed by atoms with E-state index in [1.165, 1.54) is 43.8 Å². The molecule has 0 spiro atoms. The van der Waals surface area contributed by atoms with Crippen molar-refractivity contribution >= 4 is 21.5 Å². The van der Waals surface area contributed by atoms with Crippen LogP contribution in [-0.2, 0) is 0 Å². The van der Waals surface area contributed by atoms with Gasteiger partial charge in [-0.05, 0) is 43.8 Å². The number of hydrogen-bond acceptors (Lipinski definition) is 0. The minimum absolute atomic E-state index is 1.26. The van der Waals surface area contributed by atoms with Crippen molar-refractivity contribution in [2.24, 2.45) is 0 Å². The molecule has 5 aromatic rings. The van der Waals surface area contributed by atoms with E-state index in [-0.39, 0.29) is 0 Å². The molecule has 0 N–H and O–H groups in total. The molecule has 5 aromatic carbocycles. The summed E-state index contributed by atoms with van der Waals surface area (Å²) in [4.78, 5) is 0. The van der Waals surface area contributed by atoms with Gasteiger partial charge in [0.15, 0.2) is 0 Å². The first-order chi connectivity index (χ1) is 12.9. The molecule has 0 aliphatic heterocycles. The van der Waals surface area contributed by atoms with Gasteiger partial charge in [0.1, 0.15) is 0 Å². The lowest BCUT2D eigenvalue weighted by atomic mass is 9.85. The van der Waals surface area contributed by atoms with Crippen molar-refractivity contribution in [1.82, 2.24) is 0 Å². The molecule has 0 heterocycles. The molecule has 0 unspecified atom stereocenters. The van der Waals surface area contributed by atoms with Gasteiger partial charge in [-0.1, -0.05) is 109 Å². The fourth-order valence-corrected chi connectivity index (χ4v) is 3.95. The van der Waals surface area contributed by atoms with Gasteiger partial charge < -0.3 is 0 Å². The molecular weight excluding hydrogens is 312 g/mol. The van der Waals surface area contributed by atoms with Crippen LogP contribution in [0.25, 0.3) is 43.8 Å². The maximum Gasteiger partial charge on any atom is -0.00204 e. The zero-order valence-corrected chi connectivity index (χ0v) is 14.4. The topological polar surface area (TPSA) is 0 Å². The van der Waals surface area contributed by atoms with Gasteiger partial charge in [-0.15, -0.1) is 0 Å². The Kier molecular flexibility index (Phi) is 3.54. The van der Waals surface area contributed by atoms with E-state index in [1.54, 1.807) is 0 Å². The molecule has 0 heteroatoms. The Morgan fingerprint density at radius 2 is 0.577 bits per heavy atom. The van der Waals surface area contributed by atoms with E-state index < -0.39 is 0 Å². The Bertz CT molecular complexity index is 1100. The maximum absolute atomic E-state index is 2.25. The van der Waals surface area contributed by atoms with E-state index in [2.05, 4.69) is 109 Å². The van der Waals surface area contributed by atoms with Crippen molar-refractivity contribution in [3.8, 4) is 22.3 Å². The molecule has 122 valence electrons. The van der Waals surface area contributed by atoms with Gasteiger partial charge in [0, 0.05) is 0 Å². The zero-order valence-electron chi connectivity index (χ0n) is 14.4. The molecule has 5 rings (SSSR count). The summed E-state index contributed by atoms with van der Waals surface area (Å²) < 4.78 is 0. The quantitative estimate of drug-likeness (QED) is 0.297. The van der Waals surface area contributed by atoms with Gasteiger partial charge in [-0.2, -0.15) is 0 Å². The van der Waals surface area contributed by atoms with E-state index >= 15 is 0 Å². The lowest BCUT2D eigenvalue weighted by Gasteiger charge is -2.18. The zero-order chi connectivity index (χ0) is 17.3. The second kappa shape index (κ2) is 6.16. The Morgan fingerprint density at radius 3 is 0.962 bits per heavy atom. The van der Waals surface area contributed by atoms with Crippen molar-refractivity contribution in [1.29, 1.82) is 0 Å². The second-order valence-electron chi connectivity index (χ2n) is 6.57. The highest BCUT2D eigenvalue weighted by molar-refractivity contribution is 6.21. The molecule has 0 fully saturated rings. The van der Waals surface area contributed by atoms with Crippen LogP contribution in [0.5, 0.6) is 0 Å². The molecule has 26 heavy (non-hydrogen) atoms. The van der Waals surface area contributed by atoms with Crippen molar-refractivity contribution < 1.29 is 0 Å². The second-order valence-corrected chi connectivity index (χ2v) is 6.57. The first-order valence-electron chi connectivity index (χ1n) is 8.98. The normalized spacial score (nSPS) is 11.1. The van der Waals surface area contributed by atoms with Crippen molar-refractivity contribution in [3.05, 3.63) is 109 Å². The Morgan fingerprint density at radius 1 is 0.269 bits per heavy atom. The van der Waals surface area contributed by atoms with E-state index in [1.807, 2.05) is 0 Å². The van der Waals surface area contributed by atoms with Gasteiger partial charge in [0.05, 0.1) is 0 Å². The van der Waals surface area contributed by atoms with Crippen LogP contribution in [0, 0.1) is 0 Å². The van der Waals surface area contributed by atoms with Crippen LogP contribution in [0.2, 0.25) is 0 Å². The molecule has 0 saturated carbocycles. The molecule has 0 aliphatic rings. The van der Waals surface area contributed by atoms with E-state index in [0.717, 1.165) is 0 Å². The maximum atomic E-state index is 2.25. The van der Waals surface area contributed by atoms with E-state index in [0.29, 0.717) is 0 Å². The van der Waals surface area contributed by atoms with Crippen LogP contribution in [-0.4, -0.2) is 0 Å². The summed E-state index contributed by atoms with van der Waals surface area (Å²) in [5.41, 5.74) is 5.14. The summed E-state index contributed by atoms with van der Waals surface area (Å²) in [6.45, 7) is 0. The molecule has 0 nitrogen and oxygen atoms in total. The number of benzene rings is 5. The van der Waals surface area contributed by atoms with Crippen LogP contribution in [0.15, 0.2) is 109 Å². The summed E-state index contributed by atoms with van der Waals surface area (Å²) >= 11 is 0. The van der Waals surface area contributed by atoms with Crippen molar-refractivity contribution in [2.75, 3.05) is 0 Å². The summed E-state index contributed by atoms with van der Waals surface area (Å²) in [6, 6.07) is 39.0. The fraction of sp³-hybridized carbons (Fsp3) is 0. The van der Waals surface area contributed by atoms with Crippen molar-refractivity contribution in [3.63, 3.8) is 0 Å².